The molecule has 0 spiro atoms. The number of halogens is 1. The van der Waals surface area contributed by atoms with Crippen LogP contribution in [0.25, 0.3) is 0 Å². The molecule has 0 heterocycles. The van der Waals surface area contributed by atoms with Crippen LogP contribution in [0.4, 0.5) is 0 Å². The van der Waals surface area contributed by atoms with Gasteiger partial charge in [-0.15, -0.1) is 0 Å². The minimum absolute atomic E-state index is 0.0927. The van der Waals surface area contributed by atoms with Gasteiger partial charge in [0, 0.05) is 10.4 Å². The van der Waals surface area contributed by atoms with Gasteiger partial charge in [0.15, 0.2) is 5.78 Å². The van der Waals surface area contributed by atoms with E-state index in [9.17, 15) is 4.79 Å². The van der Waals surface area contributed by atoms with Crippen molar-refractivity contribution in [1.29, 1.82) is 0 Å². The van der Waals surface area contributed by atoms with E-state index in [1.165, 1.54) is 0 Å². The van der Waals surface area contributed by atoms with Crippen LogP contribution < -0.4 is 4.74 Å². The summed E-state index contributed by atoms with van der Waals surface area (Å²) >= 11 is 3.37. The maximum Gasteiger partial charge on any atom is 0.169 e. The molecule has 88 valence electrons. The molecule has 0 atom stereocenters. The largest absolute Gasteiger partial charge is 0.496 e. The van der Waals surface area contributed by atoms with Crippen molar-refractivity contribution < 1.29 is 9.53 Å². The lowest BCUT2D eigenvalue weighted by Gasteiger charge is -2.14. The zero-order chi connectivity index (χ0) is 12.1. The average Bonchev–Trinajstić information content (AvgIpc) is 2.30. The Morgan fingerprint density at radius 3 is 2.50 bits per heavy atom. The van der Waals surface area contributed by atoms with Crippen LogP contribution in [-0.4, -0.2) is 12.9 Å². The highest BCUT2D eigenvalue weighted by atomic mass is 79.9. The van der Waals surface area contributed by atoms with Gasteiger partial charge in [-0.1, -0.05) is 29.8 Å². The van der Waals surface area contributed by atoms with Gasteiger partial charge < -0.3 is 4.74 Å². The molecule has 1 aromatic rings. The molecule has 0 aliphatic rings. The normalized spacial score (nSPS) is 10.6. The molecule has 1 rings (SSSR count). The van der Waals surface area contributed by atoms with E-state index in [-0.39, 0.29) is 11.7 Å². The van der Waals surface area contributed by atoms with Crippen LogP contribution >= 0.6 is 15.9 Å². The van der Waals surface area contributed by atoms with E-state index in [0.717, 1.165) is 17.3 Å². The van der Waals surface area contributed by atoms with E-state index in [1.807, 2.05) is 32.0 Å². The predicted molar refractivity (Wildman–Crippen MR) is 69.1 cm³/mol. The van der Waals surface area contributed by atoms with Crippen molar-refractivity contribution in [3.8, 4) is 5.75 Å². The molecule has 2 nitrogen and oxygen atoms in total. The van der Waals surface area contributed by atoms with E-state index in [0.29, 0.717) is 11.3 Å². The molecule has 0 unspecified atom stereocenters. The van der Waals surface area contributed by atoms with Crippen LogP contribution in [0.3, 0.4) is 0 Å². The van der Waals surface area contributed by atoms with Crippen molar-refractivity contribution in [3.05, 3.63) is 28.2 Å². The van der Waals surface area contributed by atoms with E-state index >= 15 is 0 Å². The summed E-state index contributed by atoms with van der Waals surface area (Å²) < 4.78 is 6.16. The van der Waals surface area contributed by atoms with Crippen LogP contribution in [0.1, 0.15) is 37.0 Å². The molecule has 0 aromatic heterocycles. The van der Waals surface area contributed by atoms with Crippen molar-refractivity contribution >= 4 is 21.7 Å². The summed E-state index contributed by atoms with van der Waals surface area (Å²) in [6.07, 6.45) is 1.74. The molecule has 0 N–H and O–H groups in total. The summed E-state index contributed by atoms with van der Waals surface area (Å²) in [5.74, 6) is 0.913. The van der Waals surface area contributed by atoms with Crippen LogP contribution in [0.15, 0.2) is 22.7 Å². The average molecular weight is 285 g/mol. The molecule has 0 fully saturated rings. The van der Waals surface area contributed by atoms with E-state index < -0.39 is 0 Å². The lowest BCUT2D eigenvalue weighted by molar-refractivity contribution is 0.0910. The Hall–Kier alpha value is -0.830. The lowest BCUT2D eigenvalue weighted by atomic mass is 9.92. The molecule has 0 aliphatic heterocycles. The molecule has 0 bridgehead atoms. The van der Waals surface area contributed by atoms with E-state index in [1.54, 1.807) is 7.11 Å². The fourth-order valence-electron chi connectivity index (χ4n) is 1.75. The van der Waals surface area contributed by atoms with Crippen LogP contribution in [0.5, 0.6) is 5.75 Å². The first-order valence-electron chi connectivity index (χ1n) is 5.51. The Morgan fingerprint density at radius 1 is 1.38 bits per heavy atom. The van der Waals surface area contributed by atoms with E-state index in [2.05, 4.69) is 15.9 Å². The quantitative estimate of drug-likeness (QED) is 0.762. The lowest BCUT2D eigenvalue weighted by Crippen LogP contribution is -2.14. The second-order valence-electron chi connectivity index (χ2n) is 3.72. The molecule has 0 amide bonds. The van der Waals surface area contributed by atoms with Gasteiger partial charge in [-0.05, 0) is 31.0 Å². The molecular formula is C13H17BrO2. The Morgan fingerprint density at radius 2 is 2.00 bits per heavy atom. The number of benzene rings is 1. The summed E-state index contributed by atoms with van der Waals surface area (Å²) in [4.78, 5) is 12.2. The van der Waals surface area contributed by atoms with Crippen LogP contribution in [-0.2, 0) is 0 Å². The molecule has 0 aliphatic carbocycles. The molecule has 1 aromatic carbocycles. The minimum atomic E-state index is 0.0927. The van der Waals surface area contributed by atoms with Crippen molar-refractivity contribution in [2.45, 2.75) is 26.7 Å². The summed E-state index contributed by atoms with van der Waals surface area (Å²) in [6, 6.07) is 5.53. The van der Waals surface area contributed by atoms with Crippen LogP contribution in [0.2, 0.25) is 0 Å². The first-order chi connectivity index (χ1) is 7.63. The maximum absolute atomic E-state index is 12.2. The van der Waals surface area contributed by atoms with Gasteiger partial charge in [-0.2, -0.15) is 0 Å². The fourth-order valence-corrected chi connectivity index (χ4v) is 2.09. The highest BCUT2D eigenvalue weighted by Gasteiger charge is 2.19. The van der Waals surface area contributed by atoms with E-state index in [4.69, 9.17) is 4.74 Å². The third-order valence-corrected chi connectivity index (χ3v) is 3.28. The number of carbonyl (C=O) groups excluding carboxylic acids is 1. The number of carbonyl (C=O) groups is 1. The van der Waals surface area contributed by atoms with Gasteiger partial charge in [0.05, 0.1) is 12.7 Å². The van der Waals surface area contributed by atoms with Crippen molar-refractivity contribution in [3.63, 3.8) is 0 Å². The summed E-state index contributed by atoms with van der Waals surface area (Å²) in [5.41, 5.74) is 0.680. The first kappa shape index (κ1) is 13.2. The third kappa shape index (κ3) is 2.85. The summed E-state index contributed by atoms with van der Waals surface area (Å²) in [7, 11) is 1.59. The second kappa shape index (κ2) is 6.04. The molecule has 0 saturated heterocycles. The Labute approximate surface area is 105 Å². The Kier molecular flexibility index (Phi) is 5.00. The van der Waals surface area contributed by atoms with Crippen molar-refractivity contribution in [2.75, 3.05) is 7.11 Å². The number of hydrogen-bond acceptors (Lipinski definition) is 2. The Bertz CT molecular complexity index is 370. The molecule has 3 heteroatoms. The molecule has 0 saturated carbocycles. The van der Waals surface area contributed by atoms with Crippen molar-refractivity contribution in [2.24, 2.45) is 5.92 Å². The zero-order valence-corrected chi connectivity index (χ0v) is 11.5. The third-order valence-electron chi connectivity index (χ3n) is 2.79. The van der Waals surface area contributed by atoms with Gasteiger partial charge in [-0.25, -0.2) is 0 Å². The maximum atomic E-state index is 12.2. The van der Waals surface area contributed by atoms with Gasteiger partial charge >= 0.3 is 0 Å². The number of rotatable bonds is 5. The van der Waals surface area contributed by atoms with Crippen LogP contribution in [0, 0.1) is 5.92 Å². The van der Waals surface area contributed by atoms with Gasteiger partial charge in [0.1, 0.15) is 5.75 Å². The Balaban J connectivity index is 3.07. The molecule has 16 heavy (non-hydrogen) atoms. The van der Waals surface area contributed by atoms with Gasteiger partial charge in [0.2, 0.25) is 0 Å². The monoisotopic (exact) mass is 284 g/mol. The standard InChI is InChI=1S/C13H17BrO2/c1-4-9(5-2)13(15)11-7-6-10(14)8-12(11)16-3/h6-9H,4-5H2,1-3H3. The van der Waals surface area contributed by atoms with Gasteiger partial charge in [0.25, 0.3) is 0 Å². The SMILES string of the molecule is CCC(CC)C(=O)c1ccc(Br)cc1OC. The highest BCUT2D eigenvalue weighted by Crippen LogP contribution is 2.27. The van der Waals surface area contributed by atoms with Crippen molar-refractivity contribution in [1.82, 2.24) is 0 Å². The minimum Gasteiger partial charge on any atom is -0.496 e. The summed E-state index contributed by atoms with van der Waals surface area (Å²) in [6.45, 7) is 4.08. The number of hydrogen-bond donors (Lipinski definition) is 0. The summed E-state index contributed by atoms with van der Waals surface area (Å²) in [5, 5.41) is 0. The zero-order valence-electron chi connectivity index (χ0n) is 9.92. The highest BCUT2D eigenvalue weighted by molar-refractivity contribution is 9.10. The van der Waals surface area contributed by atoms with Gasteiger partial charge in [-0.3, -0.25) is 4.79 Å². The topological polar surface area (TPSA) is 26.3 Å². The number of Topliss-reactive ketones (excluding diaryl/α,β-unsaturated/α-hetero) is 1. The molecule has 0 radical (unpaired) electrons. The molecular weight excluding hydrogens is 268 g/mol. The number of ether oxygens (including phenoxy) is 1. The fraction of sp³-hybridized carbons (Fsp3) is 0.462. The smallest absolute Gasteiger partial charge is 0.169 e. The number of methoxy groups -OCH3 is 1. The first-order valence-corrected chi connectivity index (χ1v) is 6.31. The number of ketones is 1. The predicted octanol–water partition coefficient (Wildman–Crippen LogP) is 4.08. The second-order valence-corrected chi connectivity index (χ2v) is 4.64.